The molecule has 0 atom stereocenters. The zero-order chi connectivity index (χ0) is 6.57. The van der Waals surface area contributed by atoms with Crippen molar-refractivity contribution < 1.29 is 4.18 Å². The van der Waals surface area contributed by atoms with Crippen LogP contribution in [0.1, 0.15) is 0 Å². The van der Waals surface area contributed by atoms with Crippen LogP contribution < -0.4 is 0 Å². The molecule has 0 bridgehead atoms. The molecular weight excluding hydrogens is 220 g/mol. The van der Waals surface area contributed by atoms with E-state index < -0.39 is 8.29 Å². The fourth-order valence-corrected chi connectivity index (χ4v) is 5.17. The lowest BCUT2D eigenvalue weighted by atomic mass is 11.8. The van der Waals surface area contributed by atoms with Crippen molar-refractivity contribution >= 4 is 57.3 Å². The molecule has 0 unspecified atom stereocenters. The van der Waals surface area contributed by atoms with Gasteiger partial charge in [0.1, 0.15) is 0 Å². The van der Waals surface area contributed by atoms with Crippen LogP contribution in [0.15, 0.2) is 0 Å². The molecular formula is CH3OS6-. The van der Waals surface area contributed by atoms with Crippen molar-refractivity contribution in [3.05, 3.63) is 0 Å². The van der Waals surface area contributed by atoms with Crippen molar-refractivity contribution in [1.82, 2.24) is 0 Å². The second-order valence-corrected chi connectivity index (χ2v) is 10.9. The molecule has 0 rings (SSSR count). The van der Waals surface area contributed by atoms with Crippen LogP contribution in [0.4, 0.5) is 0 Å². The van der Waals surface area contributed by atoms with E-state index in [4.69, 9.17) is 26.6 Å². The summed E-state index contributed by atoms with van der Waals surface area (Å²) in [6.45, 7) is -0.387. The standard InChI is InChI=1S/CH3OS6/c1-2-7(4)8(5)6-3/h1H3/q-1. The average Bonchev–Trinajstić information content (AvgIpc) is 1.84. The number of hydrogen-bond donors (Lipinski definition) is 0. The average molecular weight is 223 g/mol. The molecule has 0 aliphatic heterocycles. The van der Waals surface area contributed by atoms with E-state index in [-0.39, 0.29) is 6.57 Å². The van der Waals surface area contributed by atoms with Crippen LogP contribution in [0.3, 0.4) is 0 Å². The molecule has 0 aromatic rings. The molecule has 1 nitrogen and oxygen atoms in total. The summed E-state index contributed by atoms with van der Waals surface area (Å²) >= 11 is 14.2. The molecule has 0 aromatic heterocycles. The monoisotopic (exact) mass is 223 g/mol. The third-order valence-electron chi connectivity index (χ3n) is 0.303. The molecule has 0 N–H and O–H groups in total. The first-order valence-electron chi connectivity index (χ1n) is 1.41. The Hall–Kier alpha value is 1.41. The van der Waals surface area contributed by atoms with Crippen molar-refractivity contribution in [1.29, 1.82) is 0 Å². The van der Waals surface area contributed by atoms with Crippen LogP contribution in [0.5, 0.6) is 0 Å². The van der Waals surface area contributed by atoms with E-state index in [1.165, 1.54) is 8.88 Å². The van der Waals surface area contributed by atoms with Crippen molar-refractivity contribution in [3.63, 3.8) is 0 Å². The van der Waals surface area contributed by atoms with Gasteiger partial charge in [-0.15, -0.1) is 0 Å². The summed E-state index contributed by atoms with van der Waals surface area (Å²) in [5, 5.41) is 0. The van der Waals surface area contributed by atoms with E-state index in [0.29, 0.717) is 0 Å². The maximum absolute atomic E-state index is 4.83. The van der Waals surface area contributed by atoms with Gasteiger partial charge in [-0.25, -0.2) is 19.5 Å². The molecule has 7 heteroatoms. The van der Waals surface area contributed by atoms with Gasteiger partial charge in [0, 0.05) is 7.11 Å². The Balaban J connectivity index is 5.23. The van der Waals surface area contributed by atoms with E-state index >= 15 is 0 Å². The lowest BCUT2D eigenvalue weighted by molar-refractivity contribution is 0.494. The Morgan fingerprint density at radius 2 is 2.25 bits per heavy atom. The Morgan fingerprint density at radius 3 is 2.38 bits per heavy atom. The van der Waals surface area contributed by atoms with Gasteiger partial charge in [-0.1, -0.05) is 0 Å². The van der Waals surface area contributed by atoms with Crippen LogP contribution in [-0.2, 0) is 61.5 Å². The smallest absolute Gasteiger partial charge is 0.0117 e. The molecule has 0 spiro atoms. The molecule has 0 aliphatic carbocycles. The summed E-state index contributed by atoms with van der Waals surface area (Å²) in [6, 6.07) is 0. The third kappa shape index (κ3) is 3.44. The van der Waals surface area contributed by atoms with Gasteiger partial charge in [0.2, 0.25) is 0 Å². The number of rotatable bonds is 1. The normalized spacial score (nSPS) is 9.25. The first kappa shape index (κ1) is 9.41. The van der Waals surface area contributed by atoms with Crippen LogP contribution >= 0.6 is 0 Å². The first-order chi connectivity index (χ1) is 3.72. The van der Waals surface area contributed by atoms with E-state index in [9.17, 15) is 0 Å². The number of hydrogen-bond acceptors (Lipinski definition) is 5. The maximum Gasteiger partial charge on any atom is 0.0117 e. The second-order valence-electron chi connectivity index (χ2n) is 0.643. The highest BCUT2D eigenvalue weighted by Crippen LogP contribution is 1.66. The summed E-state index contributed by atoms with van der Waals surface area (Å²) in [6.07, 6.45) is 0. The SMILES string of the molecule is CO[S-](=S)=S(=S)=S=S. The Labute approximate surface area is 68.1 Å². The largest absolute Gasteiger partial charge is 0.469 e. The highest BCUT2D eigenvalue weighted by molar-refractivity contribution is 8.76. The van der Waals surface area contributed by atoms with Gasteiger partial charge in [0.05, 0.1) is 0 Å². The molecule has 0 saturated carbocycles. The minimum atomic E-state index is -0.537. The van der Waals surface area contributed by atoms with E-state index in [0.717, 1.165) is 0 Å². The minimum Gasteiger partial charge on any atom is -0.469 e. The molecule has 50 valence electrons. The summed E-state index contributed by atoms with van der Waals surface area (Å²) in [5.41, 5.74) is 0. The summed E-state index contributed by atoms with van der Waals surface area (Å²) in [5.74, 6) is 0. The van der Waals surface area contributed by atoms with E-state index in [1.54, 1.807) is 7.11 Å². The molecule has 0 fully saturated rings. The predicted molar refractivity (Wildman–Crippen MR) is 51.2 cm³/mol. The maximum atomic E-state index is 4.83. The highest BCUT2D eigenvalue weighted by Gasteiger charge is 1.47. The fraction of sp³-hybridized carbons (Fsp3) is 1.00. The molecule has 0 aliphatic rings. The van der Waals surface area contributed by atoms with Crippen molar-refractivity contribution in [2.75, 3.05) is 7.11 Å². The fourth-order valence-electron chi connectivity index (χ4n) is 0.0782. The quantitative estimate of drug-likeness (QED) is 0.582. The van der Waals surface area contributed by atoms with Crippen LogP contribution in [0, 0.1) is 0 Å². The first-order valence-corrected chi connectivity index (χ1v) is 8.41. The second kappa shape index (κ2) is 5.21. The van der Waals surface area contributed by atoms with Crippen molar-refractivity contribution in [2.45, 2.75) is 0 Å². The lowest BCUT2D eigenvalue weighted by Crippen LogP contribution is -1.73. The molecule has 0 radical (unpaired) electrons. The molecule has 0 aromatic carbocycles. The molecule has 0 amide bonds. The van der Waals surface area contributed by atoms with Gasteiger partial charge in [-0.3, -0.25) is 0 Å². The van der Waals surface area contributed by atoms with Gasteiger partial charge in [0.15, 0.2) is 0 Å². The predicted octanol–water partition coefficient (Wildman–Crippen LogP) is 0.0827. The zero-order valence-electron chi connectivity index (χ0n) is 3.86. The molecule has 8 heavy (non-hydrogen) atoms. The van der Waals surface area contributed by atoms with Gasteiger partial charge < -0.3 is 4.18 Å². The molecule has 0 saturated heterocycles. The van der Waals surface area contributed by atoms with Gasteiger partial charge in [-0.05, 0) is 31.3 Å². The van der Waals surface area contributed by atoms with Crippen LogP contribution in [0.25, 0.3) is 0 Å². The Morgan fingerprint density at radius 1 is 1.75 bits per heavy atom. The van der Waals surface area contributed by atoms with Crippen LogP contribution in [-0.4, -0.2) is 7.11 Å². The molecule has 0 heterocycles. The topological polar surface area (TPSA) is 9.23 Å². The van der Waals surface area contributed by atoms with E-state index in [1.807, 2.05) is 0 Å². The van der Waals surface area contributed by atoms with Gasteiger partial charge >= 0.3 is 0 Å². The van der Waals surface area contributed by atoms with Crippen molar-refractivity contribution in [2.24, 2.45) is 0 Å². The summed E-state index contributed by atoms with van der Waals surface area (Å²) < 4.78 is 4.77. The van der Waals surface area contributed by atoms with Crippen molar-refractivity contribution in [3.8, 4) is 0 Å². The van der Waals surface area contributed by atoms with Gasteiger partial charge in [-0.2, -0.15) is 6.57 Å². The zero-order valence-corrected chi connectivity index (χ0v) is 8.76. The minimum absolute atomic E-state index is 0.387. The Kier molecular flexibility index (Phi) is 6.13. The summed E-state index contributed by atoms with van der Waals surface area (Å²) in [7, 11) is 2.18. The highest BCUT2D eigenvalue weighted by atomic mass is 33.4. The lowest BCUT2D eigenvalue weighted by Gasteiger charge is -1.95. The van der Waals surface area contributed by atoms with E-state index in [2.05, 4.69) is 11.2 Å². The van der Waals surface area contributed by atoms with Gasteiger partial charge in [0.25, 0.3) is 0 Å². The summed E-state index contributed by atoms with van der Waals surface area (Å²) in [4.78, 5) is 0. The Bertz CT molecular complexity index is 259. The van der Waals surface area contributed by atoms with Crippen LogP contribution in [0.2, 0.25) is 0 Å². The third-order valence-corrected chi connectivity index (χ3v) is 11.7.